The van der Waals surface area contributed by atoms with E-state index in [0.717, 1.165) is 17.7 Å². The van der Waals surface area contributed by atoms with Gasteiger partial charge in [-0.2, -0.15) is 0 Å². The number of amidine groups is 1. The van der Waals surface area contributed by atoms with Gasteiger partial charge >= 0.3 is 0 Å². The average molecular weight is 440 g/mol. The van der Waals surface area contributed by atoms with Crippen molar-refractivity contribution in [1.29, 1.82) is 5.41 Å². The predicted molar refractivity (Wildman–Crippen MR) is 115 cm³/mol. The molecule has 32 heavy (non-hydrogen) atoms. The number of amides is 1. The minimum absolute atomic E-state index is 0.0373. The third-order valence-corrected chi connectivity index (χ3v) is 4.65. The van der Waals surface area contributed by atoms with Crippen LogP contribution in [0.3, 0.4) is 0 Å². The molecule has 6 N–H and O–H groups in total. The number of benzene rings is 2. The molecule has 0 aliphatic rings. The highest BCUT2D eigenvalue weighted by molar-refractivity contribution is 5.94. The van der Waals surface area contributed by atoms with Crippen molar-refractivity contribution < 1.29 is 18.3 Å². The molecule has 0 fully saturated rings. The molecule has 0 radical (unpaired) electrons. The first kappa shape index (κ1) is 22.8. The highest BCUT2D eigenvalue weighted by Crippen LogP contribution is 2.29. The van der Waals surface area contributed by atoms with Crippen LogP contribution in [-0.2, 0) is 16.1 Å². The number of nitrogens with zero attached hydrogens (tertiary/aromatic N) is 2. The molecule has 0 spiro atoms. The van der Waals surface area contributed by atoms with Crippen molar-refractivity contribution >= 4 is 17.7 Å². The summed E-state index contributed by atoms with van der Waals surface area (Å²) in [5.74, 6) is -2.59. The van der Waals surface area contributed by atoms with Crippen LogP contribution in [0.4, 0.5) is 14.7 Å². The number of aromatic nitrogens is 2. The van der Waals surface area contributed by atoms with Crippen LogP contribution < -0.4 is 16.8 Å². The first-order valence-electron chi connectivity index (χ1n) is 9.69. The number of rotatable bonds is 8. The summed E-state index contributed by atoms with van der Waals surface area (Å²) < 4.78 is 35.2. The second-order valence-corrected chi connectivity index (χ2v) is 6.85. The van der Waals surface area contributed by atoms with Gasteiger partial charge in [0, 0.05) is 36.7 Å². The first-order chi connectivity index (χ1) is 15.3. The largest absolute Gasteiger partial charge is 0.384 e. The van der Waals surface area contributed by atoms with Crippen molar-refractivity contribution in [2.45, 2.75) is 19.6 Å². The molecule has 0 bridgehead atoms. The SMILES string of the molecule is CCOC(C(=O)NCc1ccc(C(=N)N)cc1)c1c(F)cc(-c2cnc(N)nc2)cc1F. The van der Waals surface area contributed by atoms with E-state index in [2.05, 4.69) is 15.3 Å². The number of carbonyl (C=O) groups excluding carboxylic acids is 1. The Labute approximate surface area is 183 Å². The van der Waals surface area contributed by atoms with Crippen molar-refractivity contribution in [1.82, 2.24) is 15.3 Å². The summed E-state index contributed by atoms with van der Waals surface area (Å²) in [5, 5.41) is 10.0. The Morgan fingerprint density at radius 3 is 2.25 bits per heavy atom. The van der Waals surface area contributed by atoms with Crippen molar-refractivity contribution in [3.63, 3.8) is 0 Å². The van der Waals surface area contributed by atoms with E-state index in [4.69, 9.17) is 21.6 Å². The number of ether oxygens (including phenoxy) is 1. The zero-order valence-corrected chi connectivity index (χ0v) is 17.2. The lowest BCUT2D eigenvalue weighted by molar-refractivity contribution is -0.133. The van der Waals surface area contributed by atoms with Gasteiger partial charge in [0.15, 0.2) is 6.10 Å². The van der Waals surface area contributed by atoms with E-state index in [1.807, 2.05) is 0 Å². The van der Waals surface area contributed by atoms with E-state index in [-0.39, 0.29) is 30.5 Å². The van der Waals surface area contributed by atoms with Crippen LogP contribution in [0.25, 0.3) is 11.1 Å². The summed E-state index contributed by atoms with van der Waals surface area (Å²) >= 11 is 0. The molecular formula is C22H22F2N6O2. The van der Waals surface area contributed by atoms with Gasteiger partial charge < -0.3 is 21.5 Å². The predicted octanol–water partition coefficient (Wildman–Crippen LogP) is 2.68. The molecule has 8 nitrogen and oxygen atoms in total. The highest BCUT2D eigenvalue weighted by atomic mass is 19.1. The second kappa shape index (κ2) is 9.92. The maximum absolute atomic E-state index is 14.9. The Hall–Kier alpha value is -3.92. The molecule has 1 heterocycles. The van der Waals surface area contributed by atoms with Gasteiger partial charge in [0.05, 0.1) is 5.56 Å². The van der Waals surface area contributed by atoms with Crippen LogP contribution in [0.5, 0.6) is 0 Å². The lowest BCUT2D eigenvalue weighted by Crippen LogP contribution is -2.31. The number of nitrogens with one attached hydrogen (secondary N) is 2. The quantitative estimate of drug-likeness (QED) is 0.314. The number of hydrogen-bond acceptors (Lipinski definition) is 6. The molecule has 3 aromatic rings. The Balaban J connectivity index is 1.81. The lowest BCUT2D eigenvalue weighted by Gasteiger charge is -2.19. The Morgan fingerprint density at radius 1 is 1.12 bits per heavy atom. The normalized spacial score (nSPS) is 11.7. The summed E-state index contributed by atoms with van der Waals surface area (Å²) in [6, 6.07) is 8.85. The van der Waals surface area contributed by atoms with Gasteiger partial charge in [-0.25, -0.2) is 18.7 Å². The molecule has 1 unspecified atom stereocenters. The third kappa shape index (κ3) is 5.22. The van der Waals surface area contributed by atoms with Crippen molar-refractivity contribution in [3.8, 4) is 11.1 Å². The number of halogens is 2. The van der Waals surface area contributed by atoms with Crippen LogP contribution in [0.15, 0.2) is 48.8 Å². The summed E-state index contributed by atoms with van der Waals surface area (Å²) in [6.07, 6.45) is 1.22. The average Bonchev–Trinajstić information content (AvgIpc) is 2.77. The fourth-order valence-electron chi connectivity index (χ4n) is 3.03. The number of nitrogens with two attached hydrogens (primary N) is 2. The van der Waals surface area contributed by atoms with Crippen molar-refractivity contribution in [3.05, 3.63) is 77.1 Å². The zero-order valence-electron chi connectivity index (χ0n) is 17.2. The first-order valence-corrected chi connectivity index (χ1v) is 9.69. The van der Waals surface area contributed by atoms with E-state index in [0.29, 0.717) is 11.1 Å². The molecule has 166 valence electrons. The molecular weight excluding hydrogens is 418 g/mol. The van der Waals surface area contributed by atoms with Gasteiger partial charge in [-0.3, -0.25) is 10.2 Å². The van der Waals surface area contributed by atoms with Crippen LogP contribution in [0.2, 0.25) is 0 Å². The van der Waals surface area contributed by atoms with E-state index >= 15 is 0 Å². The molecule has 0 saturated carbocycles. The molecule has 1 amide bonds. The minimum atomic E-state index is -1.48. The molecule has 3 rings (SSSR count). The fourth-order valence-corrected chi connectivity index (χ4v) is 3.03. The van der Waals surface area contributed by atoms with Gasteiger partial charge in [0.25, 0.3) is 5.91 Å². The van der Waals surface area contributed by atoms with Gasteiger partial charge in [-0.1, -0.05) is 24.3 Å². The Morgan fingerprint density at radius 2 is 1.72 bits per heavy atom. The van der Waals surface area contributed by atoms with Crippen LogP contribution in [0, 0.1) is 17.0 Å². The number of hydrogen-bond donors (Lipinski definition) is 4. The Bertz CT molecular complexity index is 1100. The van der Waals surface area contributed by atoms with Gasteiger partial charge in [0.1, 0.15) is 17.5 Å². The van der Waals surface area contributed by atoms with E-state index in [1.54, 1.807) is 31.2 Å². The van der Waals surface area contributed by atoms with Gasteiger partial charge in [-0.05, 0) is 30.2 Å². The van der Waals surface area contributed by atoms with E-state index in [9.17, 15) is 13.6 Å². The maximum Gasteiger partial charge on any atom is 0.254 e. The fraction of sp³-hybridized carbons (Fsp3) is 0.182. The number of carbonyl (C=O) groups is 1. The number of anilines is 1. The van der Waals surface area contributed by atoms with Crippen molar-refractivity contribution in [2.75, 3.05) is 12.3 Å². The maximum atomic E-state index is 14.9. The van der Waals surface area contributed by atoms with Crippen LogP contribution >= 0.6 is 0 Å². The summed E-state index contributed by atoms with van der Waals surface area (Å²) in [4.78, 5) is 20.3. The number of nitrogen functional groups attached to an aromatic ring is 2. The molecule has 0 aliphatic heterocycles. The minimum Gasteiger partial charge on any atom is -0.384 e. The Kier molecular flexibility index (Phi) is 7.06. The van der Waals surface area contributed by atoms with E-state index in [1.165, 1.54) is 12.4 Å². The van der Waals surface area contributed by atoms with Gasteiger partial charge in [0.2, 0.25) is 5.95 Å². The zero-order chi connectivity index (χ0) is 23.3. The smallest absolute Gasteiger partial charge is 0.254 e. The summed E-state index contributed by atoms with van der Waals surface area (Å²) in [7, 11) is 0. The summed E-state index contributed by atoms with van der Waals surface area (Å²) in [6.45, 7) is 1.79. The molecule has 1 aromatic heterocycles. The molecule has 0 saturated heterocycles. The third-order valence-electron chi connectivity index (χ3n) is 4.65. The van der Waals surface area contributed by atoms with Crippen molar-refractivity contribution in [2.24, 2.45) is 5.73 Å². The standard InChI is InChI=1S/C22H22F2N6O2/c1-2-32-19(21(31)28-9-12-3-5-13(6-4-12)20(25)26)18-16(23)7-14(8-17(18)24)15-10-29-22(27)30-11-15/h3-8,10-11,19H,2,9H2,1H3,(H3,25,26)(H,28,31)(H2,27,29,30). The van der Waals surface area contributed by atoms with Gasteiger partial charge in [-0.15, -0.1) is 0 Å². The monoisotopic (exact) mass is 440 g/mol. The highest BCUT2D eigenvalue weighted by Gasteiger charge is 2.28. The second-order valence-electron chi connectivity index (χ2n) is 6.85. The summed E-state index contributed by atoms with van der Waals surface area (Å²) in [5.41, 5.74) is 12.2. The van der Waals surface area contributed by atoms with E-state index < -0.39 is 29.2 Å². The molecule has 0 aliphatic carbocycles. The molecule has 1 atom stereocenters. The lowest BCUT2D eigenvalue weighted by atomic mass is 10.0. The van der Waals surface area contributed by atoms with Crippen LogP contribution in [-0.4, -0.2) is 28.3 Å². The molecule has 10 heteroatoms. The van der Waals surface area contributed by atoms with Crippen LogP contribution in [0.1, 0.15) is 29.7 Å². The molecule has 2 aromatic carbocycles. The topological polar surface area (TPSA) is 140 Å².